The third kappa shape index (κ3) is 2.69. The molecule has 1 aromatic heterocycles. The molecule has 82 valence electrons. The number of hydrogen-bond acceptors (Lipinski definition) is 5. The molecule has 2 N–H and O–H groups in total. The Morgan fingerprint density at radius 3 is 3.20 bits per heavy atom. The first kappa shape index (κ1) is 10.4. The first-order valence-electron chi connectivity index (χ1n) is 4.62. The lowest BCUT2D eigenvalue weighted by Gasteiger charge is -2.09. The van der Waals surface area contributed by atoms with Gasteiger partial charge in [-0.1, -0.05) is 11.8 Å². The minimum atomic E-state index is -0.873. The van der Waals surface area contributed by atoms with Crippen LogP contribution in [0.2, 0.25) is 0 Å². The maximum atomic E-state index is 10.6. The van der Waals surface area contributed by atoms with Gasteiger partial charge in [-0.05, 0) is 12.8 Å². The molecule has 1 aliphatic heterocycles. The van der Waals surface area contributed by atoms with Crippen molar-refractivity contribution in [2.75, 3.05) is 5.75 Å². The number of aliphatic carboxylic acids is 1. The zero-order valence-electron chi connectivity index (χ0n) is 7.92. The molecule has 6 nitrogen and oxygen atoms in total. The molecule has 0 spiro atoms. The summed E-state index contributed by atoms with van der Waals surface area (Å²) < 4.78 is 5.34. The second-order valence-electron chi connectivity index (χ2n) is 3.26. The quantitative estimate of drug-likeness (QED) is 0.732. The summed E-state index contributed by atoms with van der Waals surface area (Å²) >= 11 is 1.49. The number of thioether (sulfide) groups is 1. The first-order chi connectivity index (χ1) is 7.25. The smallest absolute Gasteiger partial charge is 0.332 e. The second-order valence-corrected chi connectivity index (χ2v) is 4.27. The summed E-state index contributed by atoms with van der Waals surface area (Å²) in [4.78, 5) is 14.6. The van der Waals surface area contributed by atoms with Gasteiger partial charge in [-0.3, -0.25) is 5.10 Å². The highest BCUT2D eigenvalue weighted by Gasteiger charge is 2.30. The Morgan fingerprint density at radius 1 is 1.73 bits per heavy atom. The fourth-order valence-electron chi connectivity index (χ4n) is 1.45. The van der Waals surface area contributed by atoms with Crippen molar-refractivity contribution >= 4 is 17.7 Å². The van der Waals surface area contributed by atoms with Gasteiger partial charge in [0.15, 0.2) is 11.3 Å². The zero-order valence-corrected chi connectivity index (χ0v) is 8.74. The molecular weight excluding hydrogens is 218 g/mol. The Labute approximate surface area is 90.4 Å². The number of ether oxygens (including phenoxy) is 1. The highest BCUT2D eigenvalue weighted by atomic mass is 32.2. The number of nitrogens with zero attached hydrogens (tertiary/aromatic N) is 2. The summed E-state index contributed by atoms with van der Waals surface area (Å²) in [5.41, 5.74) is 0. The maximum absolute atomic E-state index is 10.6. The van der Waals surface area contributed by atoms with E-state index in [0.717, 1.165) is 11.6 Å². The number of aromatic nitrogens is 3. The van der Waals surface area contributed by atoms with Crippen molar-refractivity contribution in [1.82, 2.24) is 15.2 Å². The van der Waals surface area contributed by atoms with E-state index in [1.807, 2.05) is 0 Å². The van der Waals surface area contributed by atoms with Gasteiger partial charge < -0.3 is 9.84 Å². The van der Waals surface area contributed by atoms with Gasteiger partial charge in [0.2, 0.25) is 0 Å². The SMILES string of the molecule is O=C(O)C1CCC(CSc2ncn[nH]2)O1. The standard InChI is InChI=1S/C8H11N3O3S/c12-7(13)6-2-1-5(14-6)3-15-8-9-4-10-11-8/h4-6H,1-3H2,(H,12,13)(H,9,10,11). The van der Waals surface area contributed by atoms with E-state index in [1.54, 1.807) is 0 Å². The van der Waals surface area contributed by atoms with Crippen LogP contribution in [0.3, 0.4) is 0 Å². The highest BCUT2D eigenvalue weighted by molar-refractivity contribution is 7.99. The van der Waals surface area contributed by atoms with Crippen molar-refractivity contribution in [1.29, 1.82) is 0 Å². The second kappa shape index (κ2) is 4.63. The van der Waals surface area contributed by atoms with E-state index in [1.165, 1.54) is 18.1 Å². The van der Waals surface area contributed by atoms with Gasteiger partial charge in [0, 0.05) is 5.75 Å². The van der Waals surface area contributed by atoms with Gasteiger partial charge in [-0.15, -0.1) is 0 Å². The molecule has 1 fully saturated rings. The van der Waals surface area contributed by atoms with Crippen LogP contribution < -0.4 is 0 Å². The molecular formula is C8H11N3O3S. The molecule has 15 heavy (non-hydrogen) atoms. The fourth-order valence-corrected chi connectivity index (χ4v) is 2.27. The van der Waals surface area contributed by atoms with E-state index < -0.39 is 12.1 Å². The molecule has 0 saturated carbocycles. The Hall–Kier alpha value is -1.08. The largest absolute Gasteiger partial charge is 0.479 e. The molecule has 1 aromatic rings. The number of carbonyl (C=O) groups is 1. The molecule has 2 rings (SSSR count). The summed E-state index contributed by atoms with van der Waals surface area (Å²) in [6.07, 6.45) is 2.19. The third-order valence-electron chi connectivity index (χ3n) is 2.18. The average molecular weight is 229 g/mol. The molecule has 0 radical (unpaired) electrons. The van der Waals surface area contributed by atoms with Crippen LogP contribution in [0, 0.1) is 0 Å². The van der Waals surface area contributed by atoms with Gasteiger partial charge in [0.25, 0.3) is 0 Å². The van der Waals surface area contributed by atoms with Crippen LogP contribution in [0.1, 0.15) is 12.8 Å². The van der Waals surface area contributed by atoms with Gasteiger partial charge >= 0.3 is 5.97 Å². The molecule has 0 bridgehead atoms. The van der Waals surface area contributed by atoms with E-state index in [-0.39, 0.29) is 6.10 Å². The van der Waals surface area contributed by atoms with Gasteiger partial charge in [0.1, 0.15) is 6.33 Å². The van der Waals surface area contributed by atoms with Crippen molar-refractivity contribution < 1.29 is 14.6 Å². The van der Waals surface area contributed by atoms with Crippen molar-refractivity contribution in [2.45, 2.75) is 30.2 Å². The Morgan fingerprint density at radius 2 is 2.60 bits per heavy atom. The van der Waals surface area contributed by atoms with Crippen LogP contribution >= 0.6 is 11.8 Å². The van der Waals surface area contributed by atoms with Crippen molar-refractivity contribution in [3.8, 4) is 0 Å². The lowest BCUT2D eigenvalue weighted by molar-refractivity contribution is -0.148. The summed E-state index contributed by atoms with van der Waals surface area (Å²) in [6, 6.07) is 0. The molecule has 7 heteroatoms. The van der Waals surface area contributed by atoms with Gasteiger partial charge in [0.05, 0.1) is 6.10 Å². The molecule has 0 aromatic carbocycles. The summed E-state index contributed by atoms with van der Waals surface area (Å²) in [6.45, 7) is 0. The third-order valence-corrected chi connectivity index (χ3v) is 3.19. The zero-order chi connectivity index (χ0) is 10.7. The van der Waals surface area contributed by atoms with Gasteiger partial charge in [-0.25, -0.2) is 9.78 Å². The van der Waals surface area contributed by atoms with E-state index in [0.29, 0.717) is 12.2 Å². The Bertz CT molecular complexity index is 330. The normalized spacial score (nSPS) is 25.6. The number of nitrogens with one attached hydrogen (secondary N) is 1. The van der Waals surface area contributed by atoms with Crippen molar-refractivity contribution in [2.24, 2.45) is 0 Å². The van der Waals surface area contributed by atoms with E-state index in [2.05, 4.69) is 15.2 Å². The molecule has 2 unspecified atom stereocenters. The van der Waals surface area contributed by atoms with Crippen LogP contribution in [-0.4, -0.2) is 44.2 Å². The van der Waals surface area contributed by atoms with Crippen LogP contribution in [0.15, 0.2) is 11.5 Å². The molecule has 1 saturated heterocycles. The highest BCUT2D eigenvalue weighted by Crippen LogP contribution is 2.24. The maximum Gasteiger partial charge on any atom is 0.332 e. The Kier molecular flexibility index (Phi) is 3.22. The molecule has 0 amide bonds. The molecule has 2 atom stereocenters. The van der Waals surface area contributed by atoms with E-state index in [4.69, 9.17) is 9.84 Å². The number of hydrogen-bond donors (Lipinski definition) is 2. The number of H-pyrrole nitrogens is 1. The number of aromatic amines is 1. The molecule has 2 heterocycles. The van der Waals surface area contributed by atoms with E-state index >= 15 is 0 Å². The number of carboxylic acid groups (broad SMARTS) is 1. The van der Waals surface area contributed by atoms with Crippen LogP contribution in [0.25, 0.3) is 0 Å². The van der Waals surface area contributed by atoms with Gasteiger partial charge in [-0.2, -0.15) is 5.10 Å². The molecule has 0 aliphatic carbocycles. The fraction of sp³-hybridized carbons (Fsp3) is 0.625. The van der Waals surface area contributed by atoms with Crippen LogP contribution in [-0.2, 0) is 9.53 Å². The molecule has 1 aliphatic rings. The first-order valence-corrected chi connectivity index (χ1v) is 5.60. The topological polar surface area (TPSA) is 88.1 Å². The van der Waals surface area contributed by atoms with Crippen molar-refractivity contribution in [3.05, 3.63) is 6.33 Å². The minimum Gasteiger partial charge on any atom is -0.479 e. The summed E-state index contributed by atoms with van der Waals surface area (Å²) in [7, 11) is 0. The number of rotatable bonds is 4. The lowest BCUT2D eigenvalue weighted by Crippen LogP contribution is -2.21. The van der Waals surface area contributed by atoms with Crippen LogP contribution in [0.4, 0.5) is 0 Å². The lowest BCUT2D eigenvalue weighted by atomic mass is 10.2. The Balaban J connectivity index is 1.75. The average Bonchev–Trinajstić information content (AvgIpc) is 2.86. The number of carboxylic acids is 1. The van der Waals surface area contributed by atoms with Crippen molar-refractivity contribution in [3.63, 3.8) is 0 Å². The van der Waals surface area contributed by atoms with Crippen LogP contribution in [0.5, 0.6) is 0 Å². The van der Waals surface area contributed by atoms with E-state index in [9.17, 15) is 4.79 Å². The minimum absolute atomic E-state index is 0.00111. The predicted molar refractivity (Wildman–Crippen MR) is 52.6 cm³/mol. The summed E-state index contributed by atoms with van der Waals surface area (Å²) in [5.74, 6) is -0.166. The monoisotopic (exact) mass is 229 g/mol. The summed E-state index contributed by atoms with van der Waals surface area (Å²) in [5, 5.41) is 15.9. The predicted octanol–water partition coefficient (Wildman–Crippen LogP) is 0.529.